The van der Waals surface area contributed by atoms with Crippen molar-refractivity contribution in [2.24, 2.45) is 5.10 Å². The van der Waals surface area contributed by atoms with Crippen LogP contribution in [0.3, 0.4) is 0 Å². The molecule has 138 valence electrons. The summed E-state index contributed by atoms with van der Waals surface area (Å²) in [5.41, 5.74) is 5.19. The highest BCUT2D eigenvalue weighted by Gasteiger charge is 2.07. The maximum absolute atomic E-state index is 12.0. The van der Waals surface area contributed by atoms with Crippen LogP contribution in [0.2, 0.25) is 0 Å². The van der Waals surface area contributed by atoms with E-state index in [4.69, 9.17) is 4.74 Å². The highest BCUT2D eigenvalue weighted by Crippen LogP contribution is 2.25. The van der Waals surface area contributed by atoms with Crippen LogP contribution in [0.15, 0.2) is 53.8 Å². The monoisotopic (exact) mass is 586 g/mol. The Kier molecular flexibility index (Phi) is 6.83. The highest BCUT2D eigenvalue weighted by atomic mass is 127. The molecule has 6 nitrogen and oxygen atoms in total. The SMILES string of the molecule is CNc1c(I)cc(/C=N\NC(=O)COc2cccc3cccnc23)cc1I. The van der Waals surface area contributed by atoms with Gasteiger partial charge in [-0.05, 0) is 75.0 Å². The van der Waals surface area contributed by atoms with Crippen LogP contribution in [0.5, 0.6) is 5.75 Å². The molecule has 1 heterocycles. The van der Waals surface area contributed by atoms with Crippen LogP contribution in [0, 0.1) is 7.14 Å². The Balaban J connectivity index is 1.59. The van der Waals surface area contributed by atoms with Gasteiger partial charge in [-0.15, -0.1) is 0 Å². The Bertz CT molecular complexity index is 980. The number of para-hydroxylation sites is 1. The van der Waals surface area contributed by atoms with Crippen LogP contribution in [0.4, 0.5) is 5.69 Å². The number of ether oxygens (including phenoxy) is 1. The zero-order valence-corrected chi connectivity index (χ0v) is 18.7. The van der Waals surface area contributed by atoms with Crippen molar-refractivity contribution in [1.82, 2.24) is 10.4 Å². The lowest BCUT2D eigenvalue weighted by atomic mass is 10.2. The van der Waals surface area contributed by atoms with Gasteiger partial charge in [0.2, 0.25) is 0 Å². The maximum atomic E-state index is 12.0. The van der Waals surface area contributed by atoms with Gasteiger partial charge < -0.3 is 10.1 Å². The van der Waals surface area contributed by atoms with Crippen LogP contribution in [0.1, 0.15) is 5.56 Å². The van der Waals surface area contributed by atoms with Crippen LogP contribution in [-0.2, 0) is 4.79 Å². The van der Waals surface area contributed by atoms with Crippen molar-refractivity contribution in [3.05, 3.63) is 61.4 Å². The van der Waals surface area contributed by atoms with Crippen LogP contribution >= 0.6 is 45.2 Å². The first-order valence-electron chi connectivity index (χ1n) is 8.03. The second kappa shape index (κ2) is 9.31. The fourth-order valence-electron chi connectivity index (χ4n) is 2.45. The van der Waals surface area contributed by atoms with Gasteiger partial charge in [-0.1, -0.05) is 18.2 Å². The van der Waals surface area contributed by atoms with Crippen molar-refractivity contribution < 1.29 is 9.53 Å². The molecule has 3 rings (SSSR count). The average molecular weight is 586 g/mol. The molecule has 0 saturated heterocycles. The number of anilines is 1. The summed E-state index contributed by atoms with van der Waals surface area (Å²) in [4.78, 5) is 16.3. The molecule has 0 spiro atoms. The number of carbonyl (C=O) groups is 1. The zero-order valence-electron chi connectivity index (χ0n) is 14.4. The standard InChI is InChI=1S/C19H16I2N4O2/c1-22-19-14(20)8-12(9-15(19)21)10-24-25-17(26)11-27-16-6-2-4-13-5-3-7-23-18(13)16/h2-10,22H,11H2,1H3,(H,25,26)/b24-10-. The molecule has 2 N–H and O–H groups in total. The number of hydrazone groups is 1. The van der Waals surface area contributed by atoms with Gasteiger partial charge in [0, 0.05) is 25.8 Å². The topological polar surface area (TPSA) is 75.6 Å². The predicted octanol–water partition coefficient (Wildman–Crippen LogP) is 4.01. The van der Waals surface area contributed by atoms with Crippen molar-refractivity contribution >= 4 is 73.9 Å². The summed E-state index contributed by atoms with van der Waals surface area (Å²) < 4.78 is 7.76. The van der Waals surface area contributed by atoms with Crippen molar-refractivity contribution in [3.8, 4) is 5.75 Å². The normalized spacial score (nSPS) is 10.9. The van der Waals surface area contributed by atoms with Crippen molar-refractivity contribution in [2.75, 3.05) is 19.0 Å². The Morgan fingerprint density at radius 2 is 1.96 bits per heavy atom. The number of amides is 1. The van der Waals surface area contributed by atoms with E-state index in [2.05, 4.69) is 66.0 Å². The van der Waals surface area contributed by atoms with Gasteiger partial charge in [0.05, 0.1) is 11.9 Å². The molecule has 0 fully saturated rings. The van der Waals surface area contributed by atoms with Gasteiger partial charge in [-0.3, -0.25) is 9.78 Å². The first-order valence-corrected chi connectivity index (χ1v) is 10.2. The Labute approximate surface area is 184 Å². The van der Waals surface area contributed by atoms with Gasteiger partial charge in [0.25, 0.3) is 5.91 Å². The maximum Gasteiger partial charge on any atom is 0.277 e. The molecule has 1 aromatic heterocycles. The molecule has 0 saturated carbocycles. The molecule has 0 aliphatic rings. The van der Waals surface area contributed by atoms with E-state index in [-0.39, 0.29) is 12.5 Å². The summed E-state index contributed by atoms with van der Waals surface area (Å²) >= 11 is 4.52. The van der Waals surface area contributed by atoms with E-state index < -0.39 is 0 Å². The molecule has 1 amide bonds. The van der Waals surface area contributed by atoms with Crippen molar-refractivity contribution in [1.29, 1.82) is 0 Å². The van der Waals surface area contributed by atoms with E-state index in [0.717, 1.165) is 29.3 Å². The molecule has 8 heteroatoms. The number of hydrogen-bond acceptors (Lipinski definition) is 5. The highest BCUT2D eigenvalue weighted by molar-refractivity contribution is 14.1. The third-order valence-corrected chi connectivity index (χ3v) is 5.37. The smallest absolute Gasteiger partial charge is 0.277 e. The van der Waals surface area contributed by atoms with Crippen LogP contribution < -0.4 is 15.5 Å². The fraction of sp³-hybridized carbons (Fsp3) is 0.105. The second-order valence-electron chi connectivity index (χ2n) is 5.52. The molecule has 0 atom stereocenters. The third kappa shape index (κ3) is 5.06. The third-order valence-electron chi connectivity index (χ3n) is 3.67. The molecule has 0 bridgehead atoms. The molecule has 3 aromatic rings. The Morgan fingerprint density at radius 3 is 2.70 bits per heavy atom. The number of halogens is 2. The summed E-state index contributed by atoms with van der Waals surface area (Å²) in [7, 11) is 1.89. The van der Waals surface area contributed by atoms with Gasteiger partial charge in [-0.25, -0.2) is 5.43 Å². The van der Waals surface area contributed by atoms with E-state index in [1.807, 2.05) is 43.4 Å². The summed E-state index contributed by atoms with van der Waals surface area (Å²) in [6.07, 6.45) is 3.31. The number of benzene rings is 2. The number of nitrogens with zero attached hydrogens (tertiary/aromatic N) is 2. The number of nitrogens with one attached hydrogen (secondary N) is 2. The van der Waals surface area contributed by atoms with E-state index in [1.165, 1.54) is 0 Å². The van der Waals surface area contributed by atoms with E-state index in [1.54, 1.807) is 18.5 Å². The summed E-state index contributed by atoms with van der Waals surface area (Å²) in [5.74, 6) is 0.231. The zero-order chi connectivity index (χ0) is 19.2. The van der Waals surface area contributed by atoms with Crippen LogP contribution in [-0.4, -0.2) is 30.8 Å². The first kappa shape index (κ1) is 19.8. The van der Waals surface area contributed by atoms with Gasteiger partial charge in [0.1, 0.15) is 11.3 Å². The number of carbonyl (C=O) groups excluding carboxylic acids is 1. The van der Waals surface area contributed by atoms with E-state index in [9.17, 15) is 4.79 Å². The van der Waals surface area contributed by atoms with Crippen molar-refractivity contribution in [2.45, 2.75) is 0 Å². The lowest BCUT2D eigenvalue weighted by Gasteiger charge is -2.08. The minimum atomic E-state index is -0.338. The molecule has 27 heavy (non-hydrogen) atoms. The molecule has 0 unspecified atom stereocenters. The average Bonchev–Trinajstić information content (AvgIpc) is 2.66. The molecule has 2 aromatic carbocycles. The quantitative estimate of drug-likeness (QED) is 0.260. The number of pyridine rings is 1. The lowest BCUT2D eigenvalue weighted by Crippen LogP contribution is -2.24. The largest absolute Gasteiger partial charge is 0.481 e. The summed E-state index contributed by atoms with van der Waals surface area (Å²) in [6, 6.07) is 13.4. The fourth-order valence-corrected chi connectivity index (χ4v) is 4.81. The molecule has 0 aliphatic heterocycles. The number of rotatable bonds is 6. The molecular formula is C19H16I2N4O2. The predicted molar refractivity (Wildman–Crippen MR) is 124 cm³/mol. The molecular weight excluding hydrogens is 570 g/mol. The minimum Gasteiger partial charge on any atom is -0.481 e. The number of hydrogen-bond donors (Lipinski definition) is 2. The van der Waals surface area contributed by atoms with E-state index in [0.29, 0.717) is 5.75 Å². The lowest BCUT2D eigenvalue weighted by molar-refractivity contribution is -0.123. The first-order chi connectivity index (χ1) is 13.1. The Hall–Kier alpha value is -1.95. The van der Waals surface area contributed by atoms with Gasteiger partial charge in [-0.2, -0.15) is 5.10 Å². The Morgan fingerprint density at radius 1 is 1.22 bits per heavy atom. The molecule has 0 radical (unpaired) electrons. The number of fused-ring (bicyclic) bond motifs is 1. The van der Waals surface area contributed by atoms with Gasteiger partial charge in [0.15, 0.2) is 6.61 Å². The number of aromatic nitrogens is 1. The minimum absolute atomic E-state index is 0.138. The van der Waals surface area contributed by atoms with Crippen LogP contribution in [0.25, 0.3) is 10.9 Å². The van der Waals surface area contributed by atoms with Crippen molar-refractivity contribution in [3.63, 3.8) is 0 Å². The summed E-state index contributed by atoms with van der Waals surface area (Å²) in [5, 5.41) is 8.13. The van der Waals surface area contributed by atoms with E-state index >= 15 is 0 Å². The summed E-state index contributed by atoms with van der Waals surface area (Å²) in [6.45, 7) is -0.138. The molecule has 0 aliphatic carbocycles. The second-order valence-corrected chi connectivity index (χ2v) is 7.85. The van der Waals surface area contributed by atoms with Gasteiger partial charge >= 0.3 is 0 Å².